The molecule has 1 aromatic heterocycles. The van der Waals surface area contributed by atoms with Gasteiger partial charge in [0.2, 0.25) is 0 Å². The van der Waals surface area contributed by atoms with Gasteiger partial charge >= 0.3 is 0 Å². The maximum absolute atomic E-state index is 6.48. The van der Waals surface area contributed by atoms with Crippen LogP contribution in [0.3, 0.4) is 0 Å². The molecule has 0 spiro atoms. The Morgan fingerprint density at radius 2 is 2.14 bits per heavy atom. The molecule has 1 unspecified atom stereocenters. The first-order valence-electron chi connectivity index (χ1n) is 7.40. The van der Waals surface area contributed by atoms with Gasteiger partial charge in [-0.05, 0) is 53.2 Å². The van der Waals surface area contributed by atoms with Crippen molar-refractivity contribution >= 4 is 27.5 Å². The molecule has 1 aliphatic rings. The lowest BCUT2D eigenvalue weighted by molar-refractivity contribution is 0.386. The number of halogens is 2. The minimum absolute atomic E-state index is 0.0269. The van der Waals surface area contributed by atoms with Gasteiger partial charge in [-0.3, -0.25) is 4.68 Å². The average molecular weight is 368 g/mol. The number of aromatic nitrogens is 2. The van der Waals surface area contributed by atoms with Crippen LogP contribution in [0.5, 0.6) is 0 Å². The van der Waals surface area contributed by atoms with Crippen LogP contribution in [0.1, 0.15) is 35.4 Å². The van der Waals surface area contributed by atoms with Crippen molar-refractivity contribution in [2.24, 2.45) is 7.05 Å². The number of aryl methyl sites for hydroxylation is 3. The molecule has 0 radical (unpaired) electrons. The van der Waals surface area contributed by atoms with Crippen LogP contribution in [0.2, 0.25) is 0 Å². The molecule has 0 fully saturated rings. The molecule has 4 heteroatoms. The van der Waals surface area contributed by atoms with Gasteiger partial charge in [-0.2, -0.15) is 5.10 Å². The van der Waals surface area contributed by atoms with E-state index in [1.807, 2.05) is 18.7 Å². The predicted molar refractivity (Wildman–Crippen MR) is 91.1 cm³/mol. The normalized spacial score (nSPS) is 21.3. The fourth-order valence-corrected chi connectivity index (χ4v) is 4.42. The number of alkyl halides is 1. The Labute approximate surface area is 139 Å². The van der Waals surface area contributed by atoms with Crippen LogP contribution in [0.15, 0.2) is 28.7 Å². The molecule has 0 bridgehead atoms. The maximum Gasteiger partial charge on any atom is 0.0738 e. The van der Waals surface area contributed by atoms with Crippen molar-refractivity contribution in [2.45, 2.75) is 38.0 Å². The summed E-state index contributed by atoms with van der Waals surface area (Å²) >= 11 is 10.2. The Morgan fingerprint density at radius 3 is 2.81 bits per heavy atom. The SMILES string of the molecule is Cc1nn(C)c(CC2(CCl)CCCc3ccccc32)c1Br. The molecule has 0 amide bonds. The second-order valence-corrected chi connectivity index (χ2v) is 7.13. The zero-order valence-electron chi connectivity index (χ0n) is 12.5. The van der Waals surface area contributed by atoms with Crippen molar-refractivity contribution in [3.05, 3.63) is 51.3 Å². The number of rotatable bonds is 3. The van der Waals surface area contributed by atoms with Gasteiger partial charge in [-0.15, -0.1) is 11.6 Å². The van der Waals surface area contributed by atoms with Crippen molar-refractivity contribution in [1.29, 1.82) is 0 Å². The lowest BCUT2D eigenvalue weighted by atomic mass is 9.68. The summed E-state index contributed by atoms with van der Waals surface area (Å²) < 4.78 is 3.11. The standard InChI is InChI=1S/C17H20BrClN2/c1-12-16(18)15(21(2)20-12)10-17(11-19)9-5-7-13-6-3-4-8-14(13)17/h3-4,6,8H,5,7,9-11H2,1-2H3. The van der Waals surface area contributed by atoms with E-state index < -0.39 is 0 Å². The van der Waals surface area contributed by atoms with Crippen molar-refractivity contribution in [3.8, 4) is 0 Å². The van der Waals surface area contributed by atoms with Gasteiger partial charge in [0.05, 0.1) is 15.9 Å². The van der Waals surface area contributed by atoms with Gasteiger partial charge in [0, 0.05) is 24.8 Å². The number of hydrogen-bond acceptors (Lipinski definition) is 1. The minimum atomic E-state index is 0.0269. The van der Waals surface area contributed by atoms with Crippen molar-refractivity contribution < 1.29 is 0 Å². The van der Waals surface area contributed by atoms with E-state index in [0.29, 0.717) is 5.88 Å². The Bertz CT molecular complexity index is 665. The zero-order valence-corrected chi connectivity index (χ0v) is 14.8. The van der Waals surface area contributed by atoms with Gasteiger partial charge in [0.1, 0.15) is 0 Å². The number of benzene rings is 1. The highest BCUT2D eigenvalue weighted by Gasteiger charge is 2.37. The monoisotopic (exact) mass is 366 g/mol. The molecule has 0 N–H and O–H groups in total. The van der Waals surface area contributed by atoms with Crippen molar-refractivity contribution in [1.82, 2.24) is 9.78 Å². The molecule has 3 rings (SSSR count). The first-order valence-corrected chi connectivity index (χ1v) is 8.72. The van der Waals surface area contributed by atoms with Gasteiger partial charge in [-0.1, -0.05) is 24.3 Å². The Kier molecular flexibility index (Phi) is 4.15. The summed E-state index contributed by atoms with van der Waals surface area (Å²) in [7, 11) is 2.02. The van der Waals surface area contributed by atoms with E-state index in [2.05, 4.69) is 45.3 Å². The molecule has 1 atom stereocenters. The Morgan fingerprint density at radius 1 is 1.38 bits per heavy atom. The maximum atomic E-state index is 6.48. The van der Waals surface area contributed by atoms with Gasteiger partial charge in [0.15, 0.2) is 0 Å². The first kappa shape index (κ1) is 15.1. The Hall–Kier alpha value is -0.800. The van der Waals surface area contributed by atoms with Gasteiger partial charge in [-0.25, -0.2) is 0 Å². The third-order valence-corrected chi connectivity index (χ3v) is 6.26. The molecule has 1 heterocycles. The van der Waals surface area contributed by atoms with Crippen LogP contribution in [0.4, 0.5) is 0 Å². The summed E-state index contributed by atoms with van der Waals surface area (Å²) in [5.74, 6) is 0.653. The van der Waals surface area contributed by atoms with Crippen LogP contribution >= 0.6 is 27.5 Å². The lowest BCUT2D eigenvalue weighted by Crippen LogP contribution is -2.36. The molecule has 0 saturated heterocycles. The molecule has 112 valence electrons. The summed E-state index contributed by atoms with van der Waals surface area (Å²) in [4.78, 5) is 0. The topological polar surface area (TPSA) is 17.8 Å². The number of hydrogen-bond donors (Lipinski definition) is 0. The van der Waals surface area contributed by atoms with E-state index in [4.69, 9.17) is 11.6 Å². The molecule has 21 heavy (non-hydrogen) atoms. The summed E-state index contributed by atoms with van der Waals surface area (Å²) in [6.07, 6.45) is 4.45. The highest BCUT2D eigenvalue weighted by Crippen LogP contribution is 2.42. The number of fused-ring (bicyclic) bond motifs is 1. The van der Waals surface area contributed by atoms with E-state index in [1.54, 1.807) is 0 Å². The predicted octanol–water partition coefficient (Wildman–Crippen LogP) is 4.55. The molecule has 1 aliphatic carbocycles. The highest BCUT2D eigenvalue weighted by atomic mass is 79.9. The van der Waals surface area contributed by atoms with Crippen LogP contribution in [0.25, 0.3) is 0 Å². The van der Waals surface area contributed by atoms with Crippen LogP contribution in [-0.4, -0.2) is 15.7 Å². The summed E-state index contributed by atoms with van der Waals surface area (Å²) in [5, 5.41) is 4.52. The third-order valence-electron chi connectivity index (χ3n) is 4.71. The third kappa shape index (κ3) is 2.55. The van der Waals surface area contributed by atoms with E-state index >= 15 is 0 Å². The number of nitrogens with zero attached hydrogens (tertiary/aromatic N) is 2. The molecule has 0 aliphatic heterocycles. The second kappa shape index (κ2) is 5.77. The van der Waals surface area contributed by atoms with E-state index in [1.165, 1.54) is 29.7 Å². The molecular weight excluding hydrogens is 348 g/mol. The first-order chi connectivity index (χ1) is 10.1. The summed E-state index contributed by atoms with van der Waals surface area (Å²) in [6, 6.07) is 8.77. The minimum Gasteiger partial charge on any atom is -0.271 e. The second-order valence-electron chi connectivity index (χ2n) is 6.07. The van der Waals surface area contributed by atoms with E-state index in [-0.39, 0.29) is 5.41 Å². The van der Waals surface area contributed by atoms with E-state index in [0.717, 1.165) is 23.0 Å². The molecular formula is C17H20BrClN2. The Balaban J connectivity index is 2.06. The molecule has 0 saturated carbocycles. The zero-order chi connectivity index (χ0) is 15.0. The molecule has 2 aromatic rings. The molecule has 2 nitrogen and oxygen atoms in total. The average Bonchev–Trinajstić information content (AvgIpc) is 2.74. The van der Waals surface area contributed by atoms with Crippen molar-refractivity contribution in [2.75, 3.05) is 5.88 Å². The van der Waals surface area contributed by atoms with E-state index in [9.17, 15) is 0 Å². The van der Waals surface area contributed by atoms with Gasteiger partial charge in [0.25, 0.3) is 0 Å². The van der Waals surface area contributed by atoms with Crippen LogP contribution in [-0.2, 0) is 25.3 Å². The summed E-state index contributed by atoms with van der Waals surface area (Å²) in [6.45, 7) is 2.04. The smallest absolute Gasteiger partial charge is 0.0738 e. The highest BCUT2D eigenvalue weighted by molar-refractivity contribution is 9.10. The van der Waals surface area contributed by atoms with Crippen LogP contribution in [0, 0.1) is 6.92 Å². The van der Waals surface area contributed by atoms with Crippen LogP contribution < -0.4 is 0 Å². The fourth-order valence-electron chi connectivity index (χ4n) is 3.57. The largest absolute Gasteiger partial charge is 0.271 e. The van der Waals surface area contributed by atoms with Gasteiger partial charge < -0.3 is 0 Å². The quantitative estimate of drug-likeness (QED) is 0.728. The lowest BCUT2D eigenvalue weighted by Gasteiger charge is -2.38. The summed E-state index contributed by atoms with van der Waals surface area (Å²) in [5.41, 5.74) is 5.20. The van der Waals surface area contributed by atoms with Crippen molar-refractivity contribution in [3.63, 3.8) is 0 Å². The molecule has 1 aromatic carbocycles. The fraction of sp³-hybridized carbons (Fsp3) is 0.471.